The van der Waals surface area contributed by atoms with Gasteiger partial charge in [0.2, 0.25) is 0 Å². The Morgan fingerprint density at radius 1 is 1.28 bits per heavy atom. The van der Waals surface area contributed by atoms with Crippen LogP contribution in [0, 0.1) is 6.92 Å². The number of cyclic esters (lactones) is 1. The number of hydrogen-bond donors (Lipinski definition) is 0. The van der Waals surface area contributed by atoms with E-state index < -0.39 is 0 Å². The molecule has 0 spiro atoms. The van der Waals surface area contributed by atoms with Crippen molar-refractivity contribution in [3.05, 3.63) is 63.1 Å². The van der Waals surface area contributed by atoms with Crippen molar-refractivity contribution in [3.8, 4) is 0 Å². The van der Waals surface area contributed by atoms with Gasteiger partial charge in [0.15, 0.2) is 0 Å². The Kier molecular flexibility index (Phi) is 4.27. The second-order valence-corrected chi connectivity index (χ2v) is 7.48. The lowest BCUT2D eigenvalue weighted by Gasteiger charge is -2.21. The van der Waals surface area contributed by atoms with Crippen molar-refractivity contribution in [1.82, 2.24) is 9.88 Å². The van der Waals surface area contributed by atoms with Gasteiger partial charge in [-0.2, -0.15) is 0 Å². The minimum Gasteiger partial charge on any atom is -0.457 e. The molecule has 1 aliphatic heterocycles. The molecule has 0 saturated heterocycles. The maximum Gasteiger partial charge on any atom is 0.339 e. The smallest absolute Gasteiger partial charge is 0.339 e. The van der Waals surface area contributed by atoms with Gasteiger partial charge in [0, 0.05) is 23.4 Å². The molecule has 2 heterocycles. The van der Waals surface area contributed by atoms with Crippen LogP contribution in [0.15, 0.2) is 35.8 Å². The van der Waals surface area contributed by atoms with Crippen LogP contribution in [0.3, 0.4) is 0 Å². The number of rotatable bonds is 5. The van der Waals surface area contributed by atoms with E-state index in [0.717, 1.165) is 41.5 Å². The van der Waals surface area contributed by atoms with Crippen LogP contribution in [0.4, 0.5) is 0 Å². The van der Waals surface area contributed by atoms with Gasteiger partial charge in [-0.25, -0.2) is 9.78 Å². The van der Waals surface area contributed by atoms with Crippen LogP contribution in [0.1, 0.15) is 32.1 Å². The van der Waals surface area contributed by atoms with Crippen molar-refractivity contribution in [2.75, 3.05) is 13.6 Å². The van der Waals surface area contributed by atoms with Crippen molar-refractivity contribution in [1.29, 1.82) is 0 Å². The minimum absolute atomic E-state index is 0.218. The Morgan fingerprint density at radius 2 is 2.16 bits per heavy atom. The maximum absolute atomic E-state index is 12.0. The molecule has 4 nitrogen and oxygen atoms in total. The summed E-state index contributed by atoms with van der Waals surface area (Å²) in [5.74, 6) is -0.218. The van der Waals surface area contributed by atoms with Crippen molar-refractivity contribution >= 4 is 28.1 Å². The van der Waals surface area contributed by atoms with Gasteiger partial charge in [-0.15, -0.1) is 11.3 Å². The lowest BCUT2D eigenvalue weighted by atomic mass is 9.94. The van der Waals surface area contributed by atoms with Crippen LogP contribution in [0.25, 0.3) is 10.8 Å². The number of aryl methyl sites for hydroxylation is 1. The standard InChI is InChI=1S/C20H20N2O2S/c1-13-18(25-12-21-13)8-9-22(2)10-14-6-7-15-11-24-20(23)17-5-3-4-16(14)19(15)17/h3-7,12H,8-11H2,1-2H3. The number of ether oxygens (including phenoxy) is 1. The topological polar surface area (TPSA) is 42.4 Å². The summed E-state index contributed by atoms with van der Waals surface area (Å²) in [6, 6.07) is 10.2. The molecule has 4 rings (SSSR count). The quantitative estimate of drug-likeness (QED) is 0.652. The number of benzene rings is 2. The van der Waals surface area contributed by atoms with Gasteiger partial charge in [0.1, 0.15) is 6.61 Å². The van der Waals surface area contributed by atoms with Crippen molar-refractivity contribution in [2.45, 2.75) is 26.5 Å². The second-order valence-electron chi connectivity index (χ2n) is 6.54. The number of nitrogens with zero attached hydrogens (tertiary/aromatic N) is 2. The van der Waals surface area contributed by atoms with E-state index in [0.29, 0.717) is 12.2 Å². The summed E-state index contributed by atoms with van der Waals surface area (Å²) in [5.41, 5.74) is 6.08. The monoisotopic (exact) mass is 352 g/mol. The molecule has 0 unspecified atom stereocenters. The van der Waals surface area contributed by atoms with Crippen LogP contribution >= 0.6 is 11.3 Å². The number of hydrogen-bond acceptors (Lipinski definition) is 5. The molecule has 3 aromatic rings. The highest BCUT2D eigenvalue weighted by Crippen LogP contribution is 2.31. The zero-order chi connectivity index (χ0) is 17.4. The van der Waals surface area contributed by atoms with E-state index in [1.54, 1.807) is 11.3 Å². The van der Waals surface area contributed by atoms with Crippen molar-refractivity contribution in [2.24, 2.45) is 0 Å². The number of likely N-dealkylation sites (N-methyl/N-ethyl adjacent to an activating group) is 1. The van der Waals surface area contributed by atoms with Crippen LogP contribution in [-0.4, -0.2) is 29.4 Å². The Hall–Kier alpha value is -2.24. The molecule has 0 fully saturated rings. The third-order valence-electron chi connectivity index (χ3n) is 4.80. The SMILES string of the molecule is Cc1ncsc1CCN(C)Cc1ccc2c3c(cccc13)C(=O)OC2. The molecular weight excluding hydrogens is 332 g/mol. The predicted octanol–water partition coefficient (Wildman–Crippen LogP) is 3.95. The first-order chi connectivity index (χ1) is 12.1. The van der Waals surface area contributed by atoms with E-state index in [1.807, 2.05) is 17.6 Å². The van der Waals surface area contributed by atoms with Gasteiger partial charge in [-0.1, -0.05) is 24.3 Å². The Labute approximate surface area is 151 Å². The lowest BCUT2D eigenvalue weighted by molar-refractivity contribution is 0.0463. The van der Waals surface area contributed by atoms with Gasteiger partial charge in [0.05, 0.1) is 16.8 Å². The minimum atomic E-state index is -0.218. The highest BCUT2D eigenvalue weighted by atomic mass is 32.1. The fourth-order valence-corrected chi connectivity index (χ4v) is 4.19. The van der Waals surface area contributed by atoms with Gasteiger partial charge < -0.3 is 9.64 Å². The molecule has 1 aromatic heterocycles. The van der Waals surface area contributed by atoms with E-state index in [1.165, 1.54) is 10.4 Å². The van der Waals surface area contributed by atoms with Crippen LogP contribution < -0.4 is 0 Å². The number of thiazole rings is 1. The highest BCUT2D eigenvalue weighted by Gasteiger charge is 2.21. The molecule has 1 aliphatic rings. The van der Waals surface area contributed by atoms with Gasteiger partial charge >= 0.3 is 5.97 Å². The molecule has 0 N–H and O–H groups in total. The predicted molar refractivity (Wildman–Crippen MR) is 100.0 cm³/mol. The number of carbonyl (C=O) groups is 1. The number of aromatic nitrogens is 1. The number of esters is 1. The first-order valence-electron chi connectivity index (χ1n) is 8.41. The van der Waals surface area contributed by atoms with E-state index in [4.69, 9.17) is 4.74 Å². The first kappa shape index (κ1) is 16.2. The van der Waals surface area contributed by atoms with Crippen molar-refractivity contribution in [3.63, 3.8) is 0 Å². The molecule has 0 radical (unpaired) electrons. The average molecular weight is 352 g/mol. The van der Waals surface area contributed by atoms with E-state index in [-0.39, 0.29) is 5.97 Å². The first-order valence-corrected chi connectivity index (χ1v) is 9.29. The fraction of sp³-hybridized carbons (Fsp3) is 0.300. The second kappa shape index (κ2) is 6.58. The summed E-state index contributed by atoms with van der Waals surface area (Å²) in [5, 5.41) is 2.22. The Bertz CT molecular complexity index is 948. The molecule has 5 heteroatoms. The molecule has 25 heavy (non-hydrogen) atoms. The summed E-state index contributed by atoms with van der Waals surface area (Å²) >= 11 is 1.73. The summed E-state index contributed by atoms with van der Waals surface area (Å²) in [6.45, 7) is 4.27. The van der Waals surface area contributed by atoms with E-state index in [2.05, 4.69) is 42.1 Å². The lowest BCUT2D eigenvalue weighted by Crippen LogP contribution is -2.21. The largest absolute Gasteiger partial charge is 0.457 e. The van der Waals surface area contributed by atoms with Crippen LogP contribution in [0.5, 0.6) is 0 Å². The summed E-state index contributed by atoms with van der Waals surface area (Å²) in [6.07, 6.45) is 1.01. The van der Waals surface area contributed by atoms with Crippen LogP contribution in [0.2, 0.25) is 0 Å². The number of carbonyl (C=O) groups excluding carboxylic acids is 1. The third kappa shape index (κ3) is 3.05. The van der Waals surface area contributed by atoms with Gasteiger partial charge in [-0.3, -0.25) is 0 Å². The van der Waals surface area contributed by atoms with E-state index >= 15 is 0 Å². The summed E-state index contributed by atoms with van der Waals surface area (Å²) in [4.78, 5) is 20.0. The molecule has 0 amide bonds. The molecule has 2 aromatic carbocycles. The zero-order valence-corrected chi connectivity index (χ0v) is 15.2. The highest BCUT2D eigenvalue weighted by molar-refractivity contribution is 7.09. The molecule has 128 valence electrons. The zero-order valence-electron chi connectivity index (χ0n) is 14.4. The average Bonchev–Trinajstić information content (AvgIpc) is 3.03. The third-order valence-corrected chi connectivity index (χ3v) is 5.80. The maximum atomic E-state index is 12.0. The molecular formula is C20H20N2O2S. The van der Waals surface area contributed by atoms with Gasteiger partial charge in [-0.05, 0) is 43.0 Å². The molecule has 0 atom stereocenters. The fourth-order valence-electron chi connectivity index (χ4n) is 3.42. The molecule has 0 aliphatic carbocycles. The molecule has 0 bridgehead atoms. The van der Waals surface area contributed by atoms with E-state index in [9.17, 15) is 4.79 Å². The Balaban J connectivity index is 1.58. The molecule has 0 saturated carbocycles. The summed E-state index contributed by atoms with van der Waals surface area (Å²) in [7, 11) is 2.14. The summed E-state index contributed by atoms with van der Waals surface area (Å²) < 4.78 is 5.25. The normalized spacial score (nSPS) is 13.5. The van der Waals surface area contributed by atoms with Crippen LogP contribution in [-0.2, 0) is 24.3 Å². The van der Waals surface area contributed by atoms with Gasteiger partial charge in [0.25, 0.3) is 0 Å². The Morgan fingerprint density at radius 3 is 2.96 bits per heavy atom. The van der Waals surface area contributed by atoms with Crippen molar-refractivity contribution < 1.29 is 9.53 Å².